The van der Waals surface area contributed by atoms with Gasteiger partial charge in [0.15, 0.2) is 6.61 Å². The summed E-state index contributed by atoms with van der Waals surface area (Å²) in [5, 5.41) is 2.82. The van der Waals surface area contributed by atoms with E-state index in [9.17, 15) is 14.4 Å². The van der Waals surface area contributed by atoms with Crippen molar-refractivity contribution in [2.24, 2.45) is 0 Å². The van der Waals surface area contributed by atoms with Gasteiger partial charge in [-0.25, -0.2) is 0 Å². The molecule has 0 saturated carbocycles. The Morgan fingerprint density at radius 1 is 1.07 bits per heavy atom. The molecule has 3 N–H and O–H groups in total. The number of hydrogen-bond donors (Lipinski definition) is 3. The van der Waals surface area contributed by atoms with Crippen LogP contribution in [0.15, 0.2) is 48.5 Å². The molecule has 0 spiro atoms. The summed E-state index contributed by atoms with van der Waals surface area (Å²) in [4.78, 5) is 36.2. The number of nitrogens with one attached hydrogen (secondary N) is 3. The van der Waals surface area contributed by atoms with Crippen molar-refractivity contribution in [1.29, 1.82) is 0 Å². The maximum absolute atomic E-state index is 12.2. The molecule has 0 aliphatic heterocycles. The van der Waals surface area contributed by atoms with Gasteiger partial charge in [-0.15, -0.1) is 0 Å². The Balaban J connectivity index is 1.81. The van der Waals surface area contributed by atoms with Gasteiger partial charge in [0, 0.05) is 5.02 Å². The predicted molar refractivity (Wildman–Crippen MR) is 103 cm³/mol. The summed E-state index contributed by atoms with van der Waals surface area (Å²) in [5.74, 6) is -0.858. The predicted octanol–water partition coefficient (Wildman–Crippen LogP) is 1.69. The molecular weight excluding hydrogens is 386 g/mol. The highest BCUT2D eigenvalue weighted by atomic mass is 35.5. The zero-order valence-electron chi connectivity index (χ0n) is 15.3. The Labute approximate surface area is 167 Å². The Morgan fingerprint density at radius 2 is 1.79 bits per heavy atom. The zero-order chi connectivity index (χ0) is 20.5. The molecule has 148 valence electrons. The summed E-state index contributed by atoms with van der Waals surface area (Å²) in [6, 6.07) is 12.4. The van der Waals surface area contributed by atoms with Crippen LogP contribution in [0.4, 0.5) is 0 Å². The Kier molecular flexibility index (Phi) is 7.65. The van der Waals surface area contributed by atoms with Crippen LogP contribution >= 0.6 is 11.6 Å². The van der Waals surface area contributed by atoms with Gasteiger partial charge >= 0.3 is 0 Å². The number of methoxy groups -OCH3 is 1. The largest absolute Gasteiger partial charge is 0.496 e. The molecule has 0 unspecified atom stereocenters. The molecule has 0 aliphatic carbocycles. The van der Waals surface area contributed by atoms with Crippen molar-refractivity contribution in [3.63, 3.8) is 0 Å². The SMILES string of the molecule is COc1ccc(Cl)cc1C(=O)NNC(=O)[C@@H](C)NC(=O)COc1ccccc1. The highest BCUT2D eigenvalue weighted by Gasteiger charge is 2.18. The molecule has 0 aliphatic rings. The fourth-order valence-corrected chi connectivity index (χ4v) is 2.34. The van der Waals surface area contributed by atoms with Crippen LogP contribution in [0.3, 0.4) is 0 Å². The van der Waals surface area contributed by atoms with Gasteiger partial charge in [0.2, 0.25) is 0 Å². The van der Waals surface area contributed by atoms with Crippen LogP contribution < -0.4 is 25.6 Å². The second-order valence-corrected chi connectivity index (χ2v) is 6.12. The molecule has 2 aromatic rings. The maximum Gasteiger partial charge on any atom is 0.273 e. The standard InChI is InChI=1S/C19H20ClN3O5/c1-12(21-17(24)11-28-14-6-4-3-5-7-14)18(25)22-23-19(26)15-10-13(20)8-9-16(15)27-2/h3-10,12H,11H2,1-2H3,(H,21,24)(H,22,25)(H,23,26)/t12-/m1/s1. The van der Waals surface area contributed by atoms with Gasteiger partial charge < -0.3 is 14.8 Å². The summed E-state index contributed by atoms with van der Waals surface area (Å²) >= 11 is 5.88. The molecule has 0 radical (unpaired) electrons. The summed E-state index contributed by atoms with van der Waals surface area (Å²) in [6.45, 7) is 1.23. The van der Waals surface area contributed by atoms with Crippen LogP contribution in [0.2, 0.25) is 5.02 Å². The van der Waals surface area contributed by atoms with E-state index in [1.807, 2.05) is 6.07 Å². The fourth-order valence-electron chi connectivity index (χ4n) is 2.17. The van der Waals surface area contributed by atoms with Crippen molar-refractivity contribution in [1.82, 2.24) is 16.2 Å². The van der Waals surface area contributed by atoms with Crippen molar-refractivity contribution in [3.05, 3.63) is 59.1 Å². The minimum atomic E-state index is -0.895. The molecule has 0 bridgehead atoms. The molecule has 2 rings (SSSR count). The second-order valence-electron chi connectivity index (χ2n) is 5.68. The monoisotopic (exact) mass is 405 g/mol. The number of hydrogen-bond acceptors (Lipinski definition) is 5. The van der Waals surface area contributed by atoms with Crippen LogP contribution in [-0.2, 0) is 9.59 Å². The third kappa shape index (κ3) is 6.17. The smallest absolute Gasteiger partial charge is 0.273 e. The quantitative estimate of drug-likeness (QED) is 0.608. The minimum absolute atomic E-state index is 0.156. The number of carbonyl (C=O) groups excluding carboxylic acids is 3. The van der Waals surface area contributed by atoms with E-state index in [1.54, 1.807) is 30.3 Å². The van der Waals surface area contributed by atoms with Crippen LogP contribution in [0.1, 0.15) is 17.3 Å². The molecule has 2 aromatic carbocycles. The van der Waals surface area contributed by atoms with Crippen molar-refractivity contribution in [2.45, 2.75) is 13.0 Å². The lowest BCUT2D eigenvalue weighted by atomic mass is 10.2. The number of rotatable bonds is 7. The first-order chi connectivity index (χ1) is 13.4. The van der Waals surface area contributed by atoms with Gasteiger partial charge in [0.05, 0.1) is 12.7 Å². The maximum atomic E-state index is 12.2. The lowest BCUT2D eigenvalue weighted by Gasteiger charge is -2.15. The van der Waals surface area contributed by atoms with Crippen molar-refractivity contribution in [2.75, 3.05) is 13.7 Å². The van der Waals surface area contributed by atoms with E-state index < -0.39 is 23.8 Å². The lowest BCUT2D eigenvalue weighted by molar-refractivity contribution is -0.130. The van der Waals surface area contributed by atoms with Gasteiger partial charge in [-0.1, -0.05) is 29.8 Å². The molecule has 1 atom stereocenters. The summed E-state index contributed by atoms with van der Waals surface area (Å²) in [7, 11) is 1.41. The van der Waals surface area contributed by atoms with Crippen LogP contribution in [0.5, 0.6) is 11.5 Å². The number of para-hydroxylation sites is 1. The molecule has 0 heterocycles. The third-order valence-electron chi connectivity index (χ3n) is 3.59. The number of hydrazine groups is 1. The topological polar surface area (TPSA) is 106 Å². The zero-order valence-corrected chi connectivity index (χ0v) is 16.1. The average molecular weight is 406 g/mol. The van der Waals surface area contributed by atoms with Crippen molar-refractivity contribution in [3.8, 4) is 11.5 Å². The molecule has 9 heteroatoms. The second kappa shape index (κ2) is 10.2. The number of amides is 3. The van der Waals surface area contributed by atoms with Gasteiger partial charge in [0.25, 0.3) is 17.7 Å². The molecule has 0 fully saturated rings. The first-order valence-corrected chi connectivity index (χ1v) is 8.69. The van der Waals surface area contributed by atoms with E-state index in [0.717, 1.165) is 0 Å². The van der Waals surface area contributed by atoms with Gasteiger partial charge in [-0.05, 0) is 37.3 Å². The summed E-state index contributed by atoms with van der Waals surface area (Å²) < 4.78 is 10.4. The first-order valence-electron chi connectivity index (χ1n) is 8.31. The van der Waals surface area contributed by atoms with E-state index >= 15 is 0 Å². The molecule has 28 heavy (non-hydrogen) atoms. The van der Waals surface area contributed by atoms with Crippen molar-refractivity contribution < 1.29 is 23.9 Å². The highest BCUT2D eigenvalue weighted by molar-refractivity contribution is 6.31. The van der Waals surface area contributed by atoms with Crippen molar-refractivity contribution >= 4 is 29.3 Å². The fraction of sp³-hybridized carbons (Fsp3) is 0.211. The highest BCUT2D eigenvalue weighted by Crippen LogP contribution is 2.22. The van der Waals surface area contributed by atoms with Crippen LogP contribution in [-0.4, -0.2) is 37.5 Å². The first kappa shape index (κ1) is 21.0. The van der Waals surface area contributed by atoms with E-state index in [-0.39, 0.29) is 12.2 Å². The average Bonchev–Trinajstić information content (AvgIpc) is 2.70. The Bertz CT molecular complexity index is 845. The number of carbonyl (C=O) groups is 3. The van der Waals surface area contributed by atoms with Crippen LogP contribution in [0.25, 0.3) is 0 Å². The van der Waals surface area contributed by atoms with E-state index in [0.29, 0.717) is 16.5 Å². The number of halogens is 1. The van der Waals surface area contributed by atoms with E-state index in [4.69, 9.17) is 21.1 Å². The van der Waals surface area contributed by atoms with Crippen LogP contribution in [0, 0.1) is 0 Å². The Hall–Kier alpha value is -3.26. The molecular formula is C19H20ClN3O5. The lowest BCUT2D eigenvalue weighted by Crippen LogP contribution is -2.51. The normalized spacial score (nSPS) is 11.1. The summed E-state index contributed by atoms with van der Waals surface area (Å²) in [6.07, 6.45) is 0. The third-order valence-corrected chi connectivity index (χ3v) is 3.82. The van der Waals surface area contributed by atoms with E-state index in [1.165, 1.54) is 26.2 Å². The summed E-state index contributed by atoms with van der Waals surface area (Å²) in [5.41, 5.74) is 4.65. The molecule has 0 saturated heterocycles. The molecule has 8 nitrogen and oxygen atoms in total. The minimum Gasteiger partial charge on any atom is -0.496 e. The van der Waals surface area contributed by atoms with Gasteiger partial charge in [-0.2, -0.15) is 0 Å². The molecule has 0 aromatic heterocycles. The number of benzene rings is 2. The van der Waals surface area contributed by atoms with E-state index in [2.05, 4.69) is 16.2 Å². The van der Waals surface area contributed by atoms with Gasteiger partial charge in [-0.3, -0.25) is 25.2 Å². The number of ether oxygens (including phenoxy) is 2. The molecule has 3 amide bonds. The Morgan fingerprint density at radius 3 is 2.46 bits per heavy atom. The van der Waals surface area contributed by atoms with Gasteiger partial charge in [0.1, 0.15) is 17.5 Å².